The van der Waals surface area contributed by atoms with Crippen LogP contribution in [0.15, 0.2) is 28.8 Å². The average Bonchev–Trinajstić information content (AvgIpc) is 3.11. The van der Waals surface area contributed by atoms with Gasteiger partial charge in [-0.05, 0) is 49.9 Å². The molecule has 1 heterocycles. The Morgan fingerprint density at radius 3 is 2.91 bits per heavy atom. The summed E-state index contributed by atoms with van der Waals surface area (Å²) in [4.78, 5) is 12.0. The first-order valence-electron chi connectivity index (χ1n) is 7.61. The molecule has 0 saturated heterocycles. The first-order chi connectivity index (χ1) is 10.7. The average molecular weight is 301 g/mol. The molecule has 4 rings (SSSR count). The molecule has 0 radical (unpaired) electrons. The maximum absolute atomic E-state index is 13.1. The second-order valence-electron chi connectivity index (χ2n) is 5.89. The van der Waals surface area contributed by atoms with E-state index in [2.05, 4.69) is 5.16 Å². The summed E-state index contributed by atoms with van der Waals surface area (Å²) in [5, 5.41) is 4.17. The molecule has 2 aliphatic carbocycles. The van der Waals surface area contributed by atoms with E-state index < -0.39 is 0 Å². The van der Waals surface area contributed by atoms with Gasteiger partial charge in [0.1, 0.15) is 17.3 Å². The second kappa shape index (κ2) is 4.93. The van der Waals surface area contributed by atoms with E-state index in [1.807, 2.05) is 6.92 Å². The van der Waals surface area contributed by atoms with Gasteiger partial charge in [-0.25, -0.2) is 4.39 Å². The molecule has 1 aromatic heterocycles. The molecule has 2 aliphatic rings. The Bertz CT molecular complexity index is 722. The molecule has 3 unspecified atom stereocenters. The fourth-order valence-corrected chi connectivity index (χ4v) is 3.62. The van der Waals surface area contributed by atoms with Crippen LogP contribution in [0.4, 0.5) is 4.39 Å². The number of hydrogen-bond acceptors (Lipinski definition) is 4. The van der Waals surface area contributed by atoms with Crippen molar-refractivity contribution in [2.45, 2.75) is 25.7 Å². The Labute approximate surface area is 127 Å². The highest BCUT2D eigenvalue weighted by molar-refractivity contribution is 5.79. The molecule has 22 heavy (non-hydrogen) atoms. The molecule has 0 aliphatic heterocycles. The van der Waals surface area contributed by atoms with Gasteiger partial charge >= 0.3 is 5.97 Å². The van der Waals surface area contributed by atoms with Crippen LogP contribution in [0.2, 0.25) is 0 Å². The van der Waals surface area contributed by atoms with Crippen LogP contribution in [0.25, 0.3) is 11.3 Å². The van der Waals surface area contributed by atoms with Crippen molar-refractivity contribution >= 4 is 5.97 Å². The van der Waals surface area contributed by atoms with Gasteiger partial charge in [0.05, 0.1) is 12.5 Å². The summed E-state index contributed by atoms with van der Waals surface area (Å²) in [5.41, 5.74) is 2.67. The number of nitrogens with zero attached hydrogens (tertiary/aromatic N) is 1. The van der Waals surface area contributed by atoms with Gasteiger partial charge in [0.25, 0.3) is 0 Å². The molecule has 3 atom stereocenters. The van der Waals surface area contributed by atoms with Gasteiger partial charge in [0.15, 0.2) is 0 Å². The van der Waals surface area contributed by atoms with Crippen molar-refractivity contribution < 1.29 is 18.4 Å². The van der Waals surface area contributed by atoms with Gasteiger partial charge in [-0.3, -0.25) is 4.79 Å². The largest absolute Gasteiger partial charge is 0.466 e. The first kappa shape index (κ1) is 13.5. The fourth-order valence-electron chi connectivity index (χ4n) is 3.62. The number of rotatable bonds is 3. The third-order valence-electron chi connectivity index (χ3n) is 4.69. The maximum atomic E-state index is 13.1. The lowest BCUT2D eigenvalue weighted by molar-refractivity contribution is -0.145. The molecule has 0 N–H and O–H groups in total. The minimum absolute atomic E-state index is 0.0878. The van der Waals surface area contributed by atoms with E-state index in [0.717, 1.165) is 35.4 Å². The molecule has 5 heteroatoms. The summed E-state index contributed by atoms with van der Waals surface area (Å²) in [5.74, 6) is 0.740. The van der Waals surface area contributed by atoms with Crippen LogP contribution in [-0.2, 0) is 16.0 Å². The normalized spacial score (nSPS) is 25.3. The summed E-state index contributed by atoms with van der Waals surface area (Å²) in [6.07, 6.45) is 1.78. The number of aromatic nitrogens is 1. The predicted molar refractivity (Wildman–Crippen MR) is 76.6 cm³/mol. The SMILES string of the molecule is CCOC(=O)C1C2CCc3c(-c4ccc(F)cc4)noc3C21. The van der Waals surface area contributed by atoms with E-state index in [9.17, 15) is 9.18 Å². The molecule has 1 aromatic carbocycles. The third-order valence-corrected chi connectivity index (χ3v) is 4.69. The smallest absolute Gasteiger partial charge is 0.309 e. The van der Waals surface area contributed by atoms with Crippen molar-refractivity contribution in [3.8, 4) is 11.3 Å². The molecule has 1 fully saturated rings. The van der Waals surface area contributed by atoms with E-state index in [1.165, 1.54) is 12.1 Å². The highest BCUT2D eigenvalue weighted by Gasteiger charge is 2.60. The number of hydrogen-bond donors (Lipinski definition) is 0. The Morgan fingerprint density at radius 2 is 2.18 bits per heavy atom. The van der Waals surface area contributed by atoms with E-state index in [1.54, 1.807) is 12.1 Å². The van der Waals surface area contributed by atoms with Crippen molar-refractivity contribution in [3.05, 3.63) is 41.4 Å². The number of benzene rings is 1. The van der Waals surface area contributed by atoms with E-state index in [0.29, 0.717) is 12.5 Å². The molecule has 114 valence electrons. The van der Waals surface area contributed by atoms with Gasteiger partial charge < -0.3 is 9.26 Å². The summed E-state index contributed by atoms with van der Waals surface area (Å²) >= 11 is 0. The van der Waals surface area contributed by atoms with Crippen LogP contribution in [0, 0.1) is 17.7 Å². The number of halogens is 1. The fraction of sp³-hybridized carbons (Fsp3) is 0.412. The van der Waals surface area contributed by atoms with E-state index in [-0.39, 0.29) is 23.6 Å². The highest BCUT2D eigenvalue weighted by atomic mass is 19.1. The summed E-state index contributed by atoms with van der Waals surface area (Å²) < 4.78 is 23.7. The zero-order valence-corrected chi connectivity index (χ0v) is 12.2. The zero-order valence-electron chi connectivity index (χ0n) is 12.2. The number of fused-ring (bicyclic) bond motifs is 3. The van der Waals surface area contributed by atoms with E-state index >= 15 is 0 Å². The van der Waals surface area contributed by atoms with Gasteiger partial charge in [0.2, 0.25) is 0 Å². The van der Waals surface area contributed by atoms with Crippen LogP contribution in [0.1, 0.15) is 30.6 Å². The standard InChI is InChI=1S/C17H16FNO3/c1-2-21-17(20)14-11-7-8-12-15(19-22-16(12)13(11)14)9-3-5-10(18)6-4-9/h3-6,11,13-14H,2,7-8H2,1H3. The summed E-state index contributed by atoms with van der Waals surface area (Å²) in [6, 6.07) is 6.24. The van der Waals surface area contributed by atoms with Crippen molar-refractivity contribution in [1.82, 2.24) is 5.16 Å². The van der Waals surface area contributed by atoms with Crippen molar-refractivity contribution in [1.29, 1.82) is 0 Å². The third kappa shape index (κ3) is 1.95. The Kier molecular flexibility index (Phi) is 3.03. The second-order valence-corrected chi connectivity index (χ2v) is 5.89. The highest BCUT2D eigenvalue weighted by Crippen LogP contribution is 2.61. The van der Waals surface area contributed by atoms with Gasteiger partial charge in [0, 0.05) is 17.0 Å². The molecule has 4 nitrogen and oxygen atoms in total. The minimum Gasteiger partial charge on any atom is -0.466 e. The van der Waals surface area contributed by atoms with Crippen LogP contribution in [0.5, 0.6) is 0 Å². The van der Waals surface area contributed by atoms with Crippen molar-refractivity contribution in [2.75, 3.05) is 6.61 Å². The molecule has 0 amide bonds. The quantitative estimate of drug-likeness (QED) is 0.816. The zero-order chi connectivity index (χ0) is 15.3. The first-order valence-corrected chi connectivity index (χ1v) is 7.61. The van der Waals surface area contributed by atoms with Gasteiger partial charge in [-0.15, -0.1) is 0 Å². The number of carbonyl (C=O) groups excluding carboxylic acids is 1. The van der Waals surface area contributed by atoms with Crippen LogP contribution >= 0.6 is 0 Å². The topological polar surface area (TPSA) is 52.3 Å². The minimum atomic E-state index is -0.272. The maximum Gasteiger partial charge on any atom is 0.309 e. The predicted octanol–water partition coefficient (Wildman–Crippen LogP) is 3.32. The van der Waals surface area contributed by atoms with Crippen LogP contribution in [-0.4, -0.2) is 17.7 Å². The number of carbonyl (C=O) groups is 1. The Balaban J connectivity index is 1.65. The van der Waals surface area contributed by atoms with Crippen LogP contribution < -0.4 is 0 Å². The summed E-state index contributed by atoms with van der Waals surface area (Å²) in [6.45, 7) is 2.22. The van der Waals surface area contributed by atoms with Crippen molar-refractivity contribution in [2.24, 2.45) is 11.8 Å². The number of esters is 1. The molecule has 2 aromatic rings. The lowest BCUT2D eigenvalue weighted by atomic mass is 9.94. The lowest BCUT2D eigenvalue weighted by Crippen LogP contribution is -2.08. The summed E-state index contributed by atoms with van der Waals surface area (Å²) in [7, 11) is 0. The molecular weight excluding hydrogens is 285 g/mol. The van der Waals surface area contributed by atoms with E-state index in [4.69, 9.17) is 9.26 Å². The Morgan fingerprint density at radius 1 is 1.41 bits per heavy atom. The van der Waals surface area contributed by atoms with Gasteiger partial charge in [-0.2, -0.15) is 0 Å². The molecule has 0 spiro atoms. The monoisotopic (exact) mass is 301 g/mol. The van der Waals surface area contributed by atoms with Crippen molar-refractivity contribution in [3.63, 3.8) is 0 Å². The van der Waals surface area contributed by atoms with Crippen LogP contribution in [0.3, 0.4) is 0 Å². The number of ether oxygens (including phenoxy) is 1. The molecular formula is C17H16FNO3. The molecule has 0 bridgehead atoms. The Hall–Kier alpha value is -2.17. The lowest BCUT2D eigenvalue weighted by Gasteiger charge is -2.08. The van der Waals surface area contributed by atoms with Gasteiger partial charge in [-0.1, -0.05) is 5.16 Å². The molecule has 1 saturated carbocycles.